The molecule has 0 aliphatic carbocycles. The second kappa shape index (κ2) is 5.23. The molecule has 0 saturated carbocycles. The van der Waals surface area contributed by atoms with Crippen LogP contribution in [0.25, 0.3) is 0 Å². The molecule has 5 heteroatoms. The van der Waals surface area contributed by atoms with Gasteiger partial charge in [0.1, 0.15) is 0 Å². The molecule has 4 nitrogen and oxygen atoms in total. The van der Waals surface area contributed by atoms with Crippen molar-refractivity contribution in [2.45, 2.75) is 18.9 Å². The molecule has 3 rings (SSSR count). The third-order valence-electron chi connectivity index (χ3n) is 3.91. The summed E-state index contributed by atoms with van der Waals surface area (Å²) in [6.07, 6.45) is -0.322. The van der Waals surface area contributed by atoms with Crippen molar-refractivity contribution in [1.82, 2.24) is 0 Å². The van der Waals surface area contributed by atoms with Crippen LogP contribution in [0.5, 0.6) is 0 Å². The number of carbonyl (C=O) groups is 2. The third-order valence-corrected chi connectivity index (χ3v) is 4.15. The summed E-state index contributed by atoms with van der Waals surface area (Å²) in [7, 11) is 0. The summed E-state index contributed by atoms with van der Waals surface area (Å²) in [6.45, 7) is 1.82. The van der Waals surface area contributed by atoms with Crippen molar-refractivity contribution in [1.29, 1.82) is 0 Å². The number of aliphatic hydroxyl groups is 1. The molecule has 1 aliphatic rings. The molecule has 0 aromatic heterocycles. The highest BCUT2D eigenvalue weighted by molar-refractivity contribution is 6.31. The van der Waals surface area contributed by atoms with E-state index in [1.54, 1.807) is 24.3 Å². The average Bonchev–Trinajstić information content (AvgIpc) is 2.71. The summed E-state index contributed by atoms with van der Waals surface area (Å²) in [6, 6.07) is 11.8. The van der Waals surface area contributed by atoms with E-state index in [2.05, 4.69) is 5.32 Å². The summed E-state index contributed by atoms with van der Waals surface area (Å²) < 4.78 is 0. The Morgan fingerprint density at radius 2 is 2.00 bits per heavy atom. The maximum Gasteiger partial charge on any atom is 0.261 e. The van der Waals surface area contributed by atoms with Gasteiger partial charge in [-0.15, -0.1) is 0 Å². The number of carbonyl (C=O) groups excluding carboxylic acids is 2. The minimum absolute atomic E-state index is 0.288. The highest BCUT2D eigenvalue weighted by Gasteiger charge is 2.47. The van der Waals surface area contributed by atoms with E-state index in [9.17, 15) is 14.7 Å². The maximum atomic E-state index is 12.5. The second-order valence-corrected chi connectivity index (χ2v) is 5.86. The minimum atomic E-state index is -1.89. The molecule has 1 heterocycles. The summed E-state index contributed by atoms with van der Waals surface area (Å²) in [5, 5.41) is 13.8. The van der Waals surface area contributed by atoms with Crippen LogP contribution < -0.4 is 5.32 Å². The first-order chi connectivity index (χ1) is 10.4. The van der Waals surface area contributed by atoms with Crippen molar-refractivity contribution >= 4 is 29.0 Å². The average molecular weight is 316 g/mol. The molecule has 2 N–H and O–H groups in total. The zero-order chi connectivity index (χ0) is 15.9. The number of hydrogen-bond acceptors (Lipinski definition) is 3. The molecule has 112 valence electrons. The molecule has 0 spiro atoms. The van der Waals surface area contributed by atoms with Gasteiger partial charge in [-0.2, -0.15) is 0 Å². The van der Waals surface area contributed by atoms with Gasteiger partial charge in [-0.05, 0) is 30.7 Å². The number of halogens is 1. The highest BCUT2D eigenvalue weighted by atomic mass is 35.5. The Labute approximate surface area is 132 Å². The summed E-state index contributed by atoms with van der Waals surface area (Å²) in [5.41, 5.74) is 0.237. The van der Waals surface area contributed by atoms with Crippen LogP contribution in [0.3, 0.4) is 0 Å². The lowest BCUT2D eigenvalue weighted by Gasteiger charge is -2.20. The van der Waals surface area contributed by atoms with E-state index in [4.69, 9.17) is 11.6 Å². The predicted molar refractivity (Wildman–Crippen MR) is 84.1 cm³/mol. The van der Waals surface area contributed by atoms with Crippen molar-refractivity contribution in [2.24, 2.45) is 0 Å². The quantitative estimate of drug-likeness (QED) is 0.855. The highest BCUT2D eigenvalue weighted by Crippen LogP contribution is 2.40. The van der Waals surface area contributed by atoms with E-state index in [0.29, 0.717) is 21.8 Å². The largest absolute Gasteiger partial charge is 0.375 e. The van der Waals surface area contributed by atoms with Crippen LogP contribution in [0.2, 0.25) is 5.02 Å². The van der Waals surface area contributed by atoms with Gasteiger partial charge in [0.2, 0.25) is 0 Å². The van der Waals surface area contributed by atoms with Crippen LogP contribution >= 0.6 is 11.6 Å². The van der Waals surface area contributed by atoms with E-state index < -0.39 is 11.5 Å². The van der Waals surface area contributed by atoms with Crippen LogP contribution in [-0.4, -0.2) is 16.8 Å². The van der Waals surface area contributed by atoms with Crippen LogP contribution in [0.1, 0.15) is 27.9 Å². The first-order valence-corrected chi connectivity index (χ1v) is 7.22. The Bertz CT molecular complexity index is 787. The molecule has 0 bridgehead atoms. The van der Waals surface area contributed by atoms with E-state index in [-0.39, 0.29) is 12.2 Å². The number of amides is 1. The Morgan fingerprint density at radius 3 is 2.73 bits per heavy atom. The van der Waals surface area contributed by atoms with Gasteiger partial charge < -0.3 is 10.4 Å². The van der Waals surface area contributed by atoms with Gasteiger partial charge in [0.15, 0.2) is 11.4 Å². The fourth-order valence-electron chi connectivity index (χ4n) is 2.70. The lowest BCUT2D eigenvalue weighted by molar-refractivity contribution is -0.133. The molecular formula is C17H14ClNO3. The molecule has 0 radical (unpaired) electrons. The normalized spacial score (nSPS) is 19.7. The summed E-state index contributed by atoms with van der Waals surface area (Å²) >= 11 is 5.94. The number of fused-ring (bicyclic) bond motifs is 1. The Kier molecular flexibility index (Phi) is 3.51. The minimum Gasteiger partial charge on any atom is -0.375 e. The van der Waals surface area contributed by atoms with Crippen LogP contribution in [-0.2, 0) is 10.4 Å². The number of hydrogen-bond donors (Lipinski definition) is 2. The van der Waals surface area contributed by atoms with Crippen LogP contribution in [0.4, 0.5) is 5.69 Å². The summed E-state index contributed by atoms with van der Waals surface area (Å²) in [4.78, 5) is 24.7. The van der Waals surface area contributed by atoms with Crippen molar-refractivity contribution in [3.63, 3.8) is 0 Å². The smallest absolute Gasteiger partial charge is 0.261 e. The van der Waals surface area contributed by atoms with Crippen molar-refractivity contribution in [3.05, 3.63) is 64.2 Å². The van der Waals surface area contributed by atoms with E-state index >= 15 is 0 Å². The van der Waals surface area contributed by atoms with E-state index in [0.717, 1.165) is 5.56 Å². The van der Waals surface area contributed by atoms with Gasteiger partial charge in [-0.3, -0.25) is 9.59 Å². The van der Waals surface area contributed by atoms with Gasteiger partial charge in [0.25, 0.3) is 5.91 Å². The number of benzene rings is 2. The predicted octanol–water partition coefficient (Wildman–Crippen LogP) is 3.06. The second-order valence-electron chi connectivity index (χ2n) is 5.42. The van der Waals surface area contributed by atoms with E-state index in [1.165, 1.54) is 6.07 Å². The molecule has 22 heavy (non-hydrogen) atoms. The van der Waals surface area contributed by atoms with Crippen LogP contribution in [0, 0.1) is 6.92 Å². The fraction of sp³-hybridized carbons (Fsp3) is 0.176. The topological polar surface area (TPSA) is 66.4 Å². The fourth-order valence-corrected chi connectivity index (χ4v) is 2.88. The Morgan fingerprint density at radius 1 is 1.27 bits per heavy atom. The van der Waals surface area contributed by atoms with E-state index in [1.807, 2.05) is 19.1 Å². The monoisotopic (exact) mass is 315 g/mol. The molecule has 0 saturated heterocycles. The summed E-state index contributed by atoms with van der Waals surface area (Å²) in [5.74, 6) is -0.893. The standard InChI is InChI=1S/C17H14ClNO3/c1-10-4-2-3-5-12(10)15(20)9-17(22)13-8-11(18)6-7-14(13)19-16(17)21/h2-8,22H,9H2,1H3,(H,19,21)/t17-/m0/s1. The van der Waals surface area contributed by atoms with Gasteiger partial charge in [0, 0.05) is 21.8 Å². The van der Waals surface area contributed by atoms with Gasteiger partial charge in [-0.25, -0.2) is 0 Å². The number of anilines is 1. The Hall–Kier alpha value is -2.17. The van der Waals surface area contributed by atoms with Gasteiger partial charge in [-0.1, -0.05) is 35.9 Å². The van der Waals surface area contributed by atoms with Crippen molar-refractivity contribution < 1.29 is 14.7 Å². The molecular weight excluding hydrogens is 302 g/mol. The first-order valence-electron chi connectivity index (χ1n) is 6.84. The zero-order valence-electron chi connectivity index (χ0n) is 11.9. The van der Waals surface area contributed by atoms with Gasteiger partial charge in [0.05, 0.1) is 6.42 Å². The zero-order valence-corrected chi connectivity index (χ0v) is 12.6. The lowest BCUT2D eigenvalue weighted by Crippen LogP contribution is -2.36. The number of ketones is 1. The number of rotatable bonds is 3. The van der Waals surface area contributed by atoms with Crippen molar-refractivity contribution in [2.75, 3.05) is 5.32 Å². The molecule has 0 unspecified atom stereocenters. The molecule has 0 fully saturated rings. The molecule has 1 aliphatic heterocycles. The Balaban J connectivity index is 1.98. The third kappa shape index (κ3) is 2.30. The van der Waals surface area contributed by atoms with Crippen LogP contribution in [0.15, 0.2) is 42.5 Å². The number of aryl methyl sites for hydroxylation is 1. The SMILES string of the molecule is Cc1ccccc1C(=O)C[C@@]1(O)C(=O)Nc2ccc(Cl)cc21. The lowest BCUT2D eigenvalue weighted by atomic mass is 9.87. The van der Waals surface area contributed by atoms with Crippen molar-refractivity contribution in [3.8, 4) is 0 Å². The first kappa shape index (κ1) is 14.8. The number of nitrogens with one attached hydrogen (secondary N) is 1. The molecule has 2 aromatic carbocycles. The van der Waals surface area contributed by atoms with Gasteiger partial charge >= 0.3 is 0 Å². The maximum absolute atomic E-state index is 12.5. The molecule has 2 aromatic rings. The molecule has 1 atom stereocenters. The number of Topliss-reactive ketones (excluding diaryl/α,β-unsaturated/α-hetero) is 1. The molecule has 1 amide bonds.